The maximum Gasteiger partial charge on any atom is 0.421 e. The monoisotopic (exact) mass is 713 g/mol. The maximum absolute atomic E-state index is 13.8. The summed E-state index contributed by atoms with van der Waals surface area (Å²) >= 11 is 0. The van der Waals surface area contributed by atoms with Crippen LogP contribution in [-0.2, 0) is 30.4 Å². The first kappa shape index (κ1) is 39.0. The first-order valence-corrected chi connectivity index (χ1v) is 17.1. The van der Waals surface area contributed by atoms with Crippen molar-refractivity contribution in [2.24, 2.45) is 0 Å². The van der Waals surface area contributed by atoms with Crippen LogP contribution >= 0.6 is 0 Å². The van der Waals surface area contributed by atoms with Crippen LogP contribution in [-0.4, -0.2) is 72.4 Å². The molecular formula is C39H47N5O8. The zero-order valence-corrected chi connectivity index (χ0v) is 30.6. The number of imide groups is 1. The van der Waals surface area contributed by atoms with Gasteiger partial charge in [-0.2, -0.15) is 5.26 Å². The average molecular weight is 714 g/mol. The van der Waals surface area contributed by atoms with Crippen molar-refractivity contribution >= 4 is 41.1 Å². The van der Waals surface area contributed by atoms with Gasteiger partial charge in [0.05, 0.1) is 29.6 Å². The number of nitrogens with zero attached hydrogens (tertiary/aromatic N) is 3. The highest BCUT2D eigenvalue weighted by Crippen LogP contribution is 2.29. The lowest BCUT2D eigenvalue weighted by atomic mass is 10.1. The zero-order chi connectivity index (χ0) is 37.9. The van der Waals surface area contributed by atoms with Crippen LogP contribution in [0.15, 0.2) is 72.8 Å². The molecule has 1 heterocycles. The minimum absolute atomic E-state index is 0.0361. The SMILES string of the molecule is CC(C)(C)OC(=O)CNc1ccc(C#N)cc1N(C(=O)CNc1ccc(OC2CCN(C(=O)OC(C)(C)C)CC2)cc1)C(=O)OCc1ccccc1. The lowest BCUT2D eigenvalue weighted by molar-refractivity contribution is -0.152. The van der Waals surface area contributed by atoms with Crippen LogP contribution in [0.25, 0.3) is 0 Å². The topological polar surface area (TPSA) is 160 Å². The third-order valence-electron chi connectivity index (χ3n) is 7.54. The fraction of sp³-hybridized carbons (Fsp3) is 0.410. The number of nitriles is 1. The average Bonchev–Trinajstić information content (AvgIpc) is 3.09. The molecule has 1 saturated heterocycles. The number of piperidine rings is 1. The number of benzene rings is 3. The molecule has 0 spiro atoms. The highest BCUT2D eigenvalue weighted by Gasteiger charge is 2.30. The van der Waals surface area contributed by atoms with Gasteiger partial charge in [-0.25, -0.2) is 14.5 Å². The Morgan fingerprint density at radius 3 is 2.12 bits per heavy atom. The molecule has 0 radical (unpaired) electrons. The molecule has 1 aliphatic rings. The first-order valence-electron chi connectivity index (χ1n) is 17.1. The van der Waals surface area contributed by atoms with E-state index in [0.29, 0.717) is 42.9 Å². The molecule has 0 aliphatic carbocycles. The Labute approximate surface area is 304 Å². The Kier molecular flexibility index (Phi) is 13.1. The van der Waals surface area contributed by atoms with Crippen molar-refractivity contribution in [3.63, 3.8) is 0 Å². The Morgan fingerprint density at radius 1 is 0.846 bits per heavy atom. The van der Waals surface area contributed by atoms with Crippen molar-refractivity contribution in [1.29, 1.82) is 5.26 Å². The molecule has 3 amide bonds. The predicted molar refractivity (Wildman–Crippen MR) is 196 cm³/mol. The van der Waals surface area contributed by atoms with Gasteiger partial charge in [0.15, 0.2) is 0 Å². The van der Waals surface area contributed by atoms with Crippen molar-refractivity contribution in [3.05, 3.63) is 83.9 Å². The number of amides is 3. The van der Waals surface area contributed by atoms with Crippen LogP contribution in [0.2, 0.25) is 0 Å². The maximum atomic E-state index is 13.8. The van der Waals surface area contributed by atoms with Crippen molar-refractivity contribution in [1.82, 2.24) is 4.90 Å². The number of rotatable bonds is 11. The summed E-state index contributed by atoms with van der Waals surface area (Å²) in [4.78, 5) is 54.8. The van der Waals surface area contributed by atoms with E-state index >= 15 is 0 Å². The lowest BCUT2D eigenvalue weighted by Crippen LogP contribution is -2.44. The second-order valence-electron chi connectivity index (χ2n) is 14.2. The van der Waals surface area contributed by atoms with E-state index in [9.17, 15) is 24.4 Å². The summed E-state index contributed by atoms with van der Waals surface area (Å²) in [6, 6.07) is 22.5. The van der Waals surface area contributed by atoms with Crippen LogP contribution < -0.4 is 20.3 Å². The second kappa shape index (κ2) is 17.4. The smallest absolute Gasteiger partial charge is 0.421 e. The van der Waals surface area contributed by atoms with Gasteiger partial charge in [0.25, 0.3) is 5.91 Å². The van der Waals surface area contributed by atoms with E-state index in [1.807, 2.05) is 32.9 Å². The molecule has 4 rings (SSSR count). The molecule has 1 aliphatic heterocycles. The van der Waals surface area contributed by atoms with Crippen LogP contribution in [0.5, 0.6) is 5.75 Å². The van der Waals surface area contributed by atoms with Crippen molar-refractivity contribution < 1.29 is 38.1 Å². The molecular weight excluding hydrogens is 666 g/mol. The summed E-state index contributed by atoms with van der Waals surface area (Å²) in [6.45, 7) is 11.1. The summed E-state index contributed by atoms with van der Waals surface area (Å²) in [5.41, 5.74) is 0.499. The molecule has 0 aromatic heterocycles. The van der Waals surface area contributed by atoms with Crippen LogP contribution in [0, 0.1) is 11.3 Å². The number of nitrogens with one attached hydrogen (secondary N) is 2. The van der Waals surface area contributed by atoms with E-state index in [-0.39, 0.29) is 48.8 Å². The Morgan fingerprint density at radius 2 is 1.50 bits per heavy atom. The lowest BCUT2D eigenvalue weighted by Gasteiger charge is -2.33. The van der Waals surface area contributed by atoms with E-state index in [0.717, 1.165) is 4.90 Å². The van der Waals surface area contributed by atoms with Crippen LogP contribution in [0.4, 0.5) is 26.7 Å². The normalized spacial score (nSPS) is 13.3. The van der Waals surface area contributed by atoms with Crippen molar-refractivity contribution in [2.45, 2.75) is 78.3 Å². The van der Waals surface area contributed by atoms with E-state index in [1.165, 1.54) is 18.2 Å². The molecule has 52 heavy (non-hydrogen) atoms. The van der Waals surface area contributed by atoms with Gasteiger partial charge in [0.1, 0.15) is 36.2 Å². The summed E-state index contributed by atoms with van der Waals surface area (Å²) in [6.07, 6.45) is -0.0497. The number of likely N-dealkylation sites (tertiary alicyclic amines) is 1. The molecule has 2 N–H and O–H groups in total. The molecule has 0 saturated carbocycles. The number of ether oxygens (including phenoxy) is 4. The van der Waals surface area contributed by atoms with Gasteiger partial charge in [-0.1, -0.05) is 30.3 Å². The van der Waals surface area contributed by atoms with E-state index < -0.39 is 29.2 Å². The van der Waals surface area contributed by atoms with Crippen molar-refractivity contribution in [2.75, 3.05) is 41.7 Å². The minimum Gasteiger partial charge on any atom is -0.490 e. The number of carbonyl (C=O) groups is 4. The molecule has 0 bridgehead atoms. The molecule has 0 unspecified atom stereocenters. The van der Waals surface area contributed by atoms with E-state index in [2.05, 4.69) is 10.6 Å². The van der Waals surface area contributed by atoms with E-state index in [4.69, 9.17) is 18.9 Å². The van der Waals surface area contributed by atoms with Gasteiger partial charge < -0.3 is 34.5 Å². The summed E-state index contributed by atoms with van der Waals surface area (Å²) in [7, 11) is 0. The standard InChI is InChI=1S/C39H47N5O8/c1-38(2,3)51-35(46)25-42-32-17-12-28(23-40)22-33(32)44(37(48)49-26-27-10-8-7-9-11-27)34(45)24-41-29-13-15-30(16-14-29)50-31-18-20-43(21-19-31)36(47)52-39(4,5)6/h7-17,22,31,41-42H,18-21,24-26H2,1-6H3. The summed E-state index contributed by atoms with van der Waals surface area (Å²) in [5.74, 6) is -0.592. The second-order valence-corrected chi connectivity index (χ2v) is 14.2. The number of anilines is 3. The summed E-state index contributed by atoms with van der Waals surface area (Å²) < 4.78 is 22.6. The number of esters is 1. The molecule has 13 heteroatoms. The number of hydrogen-bond donors (Lipinski definition) is 2. The number of carbonyl (C=O) groups excluding carboxylic acids is 4. The van der Waals surface area contributed by atoms with Gasteiger partial charge in [-0.15, -0.1) is 0 Å². The minimum atomic E-state index is -0.965. The van der Waals surface area contributed by atoms with Gasteiger partial charge in [0.2, 0.25) is 0 Å². The largest absolute Gasteiger partial charge is 0.490 e. The van der Waals surface area contributed by atoms with Gasteiger partial charge in [-0.3, -0.25) is 9.59 Å². The molecule has 3 aromatic rings. The first-order chi connectivity index (χ1) is 24.6. The van der Waals surface area contributed by atoms with E-state index in [1.54, 1.807) is 74.2 Å². The molecule has 0 atom stereocenters. The van der Waals surface area contributed by atoms with Crippen LogP contribution in [0.1, 0.15) is 65.5 Å². The number of hydrogen-bond acceptors (Lipinski definition) is 11. The Bertz CT molecular complexity index is 1740. The van der Waals surface area contributed by atoms with Crippen molar-refractivity contribution in [3.8, 4) is 11.8 Å². The third-order valence-corrected chi connectivity index (χ3v) is 7.54. The van der Waals surface area contributed by atoms with Crippen LogP contribution in [0.3, 0.4) is 0 Å². The highest BCUT2D eigenvalue weighted by atomic mass is 16.6. The predicted octanol–water partition coefficient (Wildman–Crippen LogP) is 6.87. The Balaban J connectivity index is 1.44. The van der Waals surface area contributed by atoms with Gasteiger partial charge in [-0.05, 0) is 89.6 Å². The molecule has 13 nitrogen and oxygen atoms in total. The third kappa shape index (κ3) is 12.2. The quantitative estimate of drug-likeness (QED) is 0.158. The van der Waals surface area contributed by atoms with Gasteiger partial charge in [0, 0.05) is 31.6 Å². The molecule has 3 aromatic carbocycles. The zero-order valence-electron chi connectivity index (χ0n) is 30.6. The Hall–Kier alpha value is -5.77. The fourth-order valence-corrected chi connectivity index (χ4v) is 5.18. The fourth-order valence-electron chi connectivity index (χ4n) is 5.18. The van der Waals surface area contributed by atoms with Gasteiger partial charge >= 0.3 is 18.2 Å². The molecule has 276 valence electrons. The highest BCUT2D eigenvalue weighted by molar-refractivity contribution is 6.15. The summed E-state index contributed by atoms with van der Waals surface area (Å²) in [5, 5.41) is 15.6. The molecule has 1 fully saturated rings.